The van der Waals surface area contributed by atoms with Crippen molar-refractivity contribution >= 4 is 44.6 Å². The van der Waals surface area contributed by atoms with Crippen LogP contribution in [0.15, 0.2) is 29.2 Å². The summed E-state index contributed by atoms with van der Waals surface area (Å²) in [5.74, 6) is 0.740. The molecule has 0 aromatic heterocycles. The third-order valence-electron chi connectivity index (χ3n) is 3.30. The lowest BCUT2D eigenvalue weighted by Crippen LogP contribution is -2.15. The van der Waals surface area contributed by atoms with Gasteiger partial charge in [0, 0.05) is 6.07 Å². The summed E-state index contributed by atoms with van der Waals surface area (Å²) in [6.45, 7) is 1.65. The summed E-state index contributed by atoms with van der Waals surface area (Å²) < 4.78 is 38.1. The van der Waals surface area contributed by atoms with Gasteiger partial charge in [0.25, 0.3) is 10.0 Å². The fourth-order valence-electron chi connectivity index (χ4n) is 2.10. The monoisotopic (exact) mass is 390 g/mol. The molecule has 0 fully saturated rings. The van der Waals surface area contributed by atoms with Gasteiger partial charge in [-0.15, -0.1) is 0 Å². The maximum atomic E-state index is 12.7. The van der Waals surface area contributed by atoms with E-state index in [1.54, 1.807) is 13.0 Å². The fraction of sp³-hybridized carbons (Fsp3) is 0.200. The van der Waals surface area contributed by atoms with Crippen LogP contribution in [0.1, 0.15) is 5.56 Å². The molecule has 9 heteroatoms. The minimum atomic E-state index is -3.89. The average molecular weight is 391 g/mol. The second-order valence-electron chi connectivity index (χ2n) is 4.93. The molecular formula is C15H16Cl2N2O4S. The van der Waals surface area contributed by atoms with E-state index in [1.165, 1.54) is 32.4 Å². The maximum absolute atomic E-state index is 12.7. The number of aryl methyl sites for hydroxylation is 1. The van der Waals surface area contributed by atoms with Gasteiger partial charge >= 0.3 is 0 Å². The van der Waals surface area contributed by atoms with Crippen molar-refractivity contribution in [1.82, 2.24) is 0 Å². The Bertz CT molecular complexity index is 862. The number of nitrogens with one attached hydrogen (secondary N) is 1. The quantitative estimate of drug-likeness (QED) is 0.759. The van der Waals surface area contributed by atoms with Crippen molar-refractivity contribution in [2.45, 2.75) is 11.8 Å². The fourth-order valence-corrected chi connectivity index (χ4v) is 3.88. The summed E-state index contributed by atoms with van der Waals surface area (Å²) in [5, 5.41) is 0.313. The van der Waals surface area contributed by atoms with Gasteiger partial charge in [0.1, 0.15) is 0 Å². The number of halogens is 2. The molecule has 0 amide bonds. The SMILES string of the molecule is COc1cc(C)c(S(=O)(=O)Nc2cc(Cl)c(N)c(Cl)c2)cc1OC. The van der Waals surface area contributed by atoms with E-state index < -0.39 is 10.0 Å². The molecule has 3 N–H and O–H groups in total. The first-order chi connectivity index (χ1) is 11.2. The zero-order valence-corrected chi connectivity index (χ0v) is 15.5. The lowest BCUT2D eigenvalue weighted by molar-refractivity contribution is 0.353. The second-order valence-corrected chi connectivity index (χ2v) is 7.40. The number of methoxy groups -OCH3 is 2. The molecule has 0 unspecified atom stereocenters. The van der Waals surface area contributed by atoms with Crippen LogP contribution in [0.5, 0.6) is 11.5 Å². The van der Waals surface area contributed by atoms with E-state index in [1.807, 2.05) is 0 Å². The molecule has 0 aliphatic carbocycles. The van der Waals surface area contributed by atoms with Crippen molar-refractivity contribution in [3.05, 3.63) is 39.9 Å². The third-order valence-corrected chi connectivity index (χ3v) is 5.45. The average Bonchev–Trinajstić information content (AvgIpc) is 2.51. The molecule has 0 aliphatic rings. The molecule has 0 aliphatic heterocycles. The summed E-state index contributed by atoms with van der Waals surface area (Å²) >= 11 is 11.9. The molecule has 24 heavy (non-hydrogen) atoms. The number of ether oxygens (including phenoxy) is 2. The lowest BCUT2D eigenvalue weighted by Gasteiger charge is -2.15. The smallest absolute Gasteiger partial charge is 0.262 e. The van der Waals surface area contributed by atoms with Crippen molar-refractivity contribution in [3.63, 3.8) is 0 Å². The molecule has 0 saturated heterocycles. The van der Waals surface area contributed by atoms with Crippen molar-refractivity contribution in [2.75, 3.05) is 24.7 Å². The molecule has 0 heterocycles. The number of rotatable bonds is 5. The normalized spacial score (nSPS) is 11.2. The predicted molar refractivity (Wildman–Crippen MR) is 96.0 cm³/mol. The molecule has 2 aromatic rings. The maximum Gasteiger partial charge on any atom is 0.262 e. The molecular weight excluding hydrogens is 375 g/mol. The topological polar surface area (TPSA) is 90.7 Å². The van der Waals surface area contributed by atoms with E-state index in [0.29, 0.717) is 17.1 Å². The van der Waals surface area contributed by atoms with E-state index in [4.69, 9.17) is 38.4 Å². The number of nitrogen functional groups attached to an aromatic ring is 1. The van der Waals surface area contributed by atoms with Crippen LogP contribution in [0.4, 0.5) is 11.4 Å². The lowest BCUT2D eigenvalue weighted by atomic mass is 10.2. The molecule has 6 nitrogen and oxygen atoms in total. The molecule has 0 saturated carbocycles. The van der Waals surface area contributed by atoms with Crippen LogP contribution in [-0.4, -0.2) is 22.6 Å². The molecule has 0 spiro atoms. The minimum absolute atomic E-state index is 0.0456. The van der Waals surface area contributed by atoms with Gasteiger partial charge < -0.3 is 15.2 Å². The summed E-state index contributed by atoms with van der Waals surface area (Å²) in [6.07, 6.45) is 0. The Morgan fingerprint density at radius 1 is 1.00 bits per heavy atom. The first-order valence-corrected chi connectivity index (χ1v) is 8.93. The van der Waals surface area contributed by atoms with Crippen molar-refractivity contribution in [2.24, 2.45) is 0 Å². The molecule has 0 radical (unpaired) electrons. The number of benzene rings is 2. The number of sulfonamides is 1. The zero-order chi connectivity index (χ0) is 18.1. The molecule has 2 rings (SSSR count). The summed E-state index contributed by atoms with van der Waals surface area (Å²) in [4.78, 5) is 0.0456. The number of anilines is 2. The van der Waals surface area contributed by atoms with Crippen LogP contribution in [0.2, 0.25) is 10.0 Å². The van der Waals surface area contributed by atoms with Crippen LogP contribution >= 0.6 is 23.2 Å². The van der Waals surface area contributed by atoms with Crippen LogP contribution < -0.4 is 19.9 Å². The van der Waals surface area contributed by atoms with E-state index in [-0.39, 0.29) is 26.3 Å². The highest BCUT2D eigenvalue weighted by Crippen LogP contribution is 2.35. The Balaban J connectivity index is 2.48. The number of hydrogen-bond donors (Lipinski definition) is 2. The van der Waals surface area contributed by atoms with E-state index >= 15 is 0 Å². The van der Waals surface area contributed by atoms with Crippen molar-refractivity contribution in [3.8, 4) is 11.5 Å². The zero-order valence-electron chi connectivity index (χ0n) is 13.2. The van der Waals surface area contributed by atoms with Gasteiger partial charge in [0.15, 0.2) is 11.5 Å². The molecule has 130 valence electrons. The highest BCUT2D eigenvalue weighted by Gasteiger charge is 2.21. The van der Waals surface area contributed by atoms with Crippen molar-refractivity contribution in [1.29, 1.82) is 0 Å². The molecule has 2 aromatic carbocycles. The third kappa shape index (κ3) is 3.63. The standard InChI is InChI=1S/C15H16Cl2N2O4S/c1-8-4-12(22-2)13(23-3)7-14(8)24(20,21)19-9-5-10(16)15(18)11(17)6-9/h4-7,19H,18H2,1-3H3. The second kappa shape index (κ2) is 6.96. The first-order valence-electron chi connectivity index (χ1n) is 6.69. The van der Waals surface area contributed by atoms with Crippen LogP contribution in [0.3, 0.4) is 0 Å². The van der Waals surface area contributed by atoms with E-state index in [2.05, 4.69) is 4.72 Å². The summed E-state index contributed by atoms with van der Waals surface area (Å²) in [7, 11) is -0.990. The van der Waals surface area contributed by atoms with Gasteiger partial charge in [-0.3, -0.25) is 4.72 Å². The highest BCUT2D eigenvalue weighted by atomic mass is 35.5. The first kappa shape index (κ1) is 18.5. The van der Waals surface area contributed by atoms with Gasteiger partial charge in [0.2, 0.25) is 0 Å². The molecule has 0 bridgehead atoms. The van der Waals surface area contributed by atoms with Gasteiger partial charge in [-0.05, 0) is 30.7 Å². The highest BCUT2D eigenvalue weighted by molar-refractivity contribution is 7.92. The Morgan fingerprint density at radius 2 is 1.50 bits per heavy atom. The predicted octanol–water partition coefficient (Wildman–Crippen LogP) is 3.70. The minimum Gasteiger partial charge on any atom is -0.493 e. The Labute approximate surface area is 150 Å². The van der Waals surface area contributed by atoms with Gasteiger partial charge in [0.05, 0.1) is 40.5 Å². The van der Waals surface area contributed by atoms with Crippen LogP contribution in [-0.2, 0) is 10.0 Å². The van der Waals surface area contributed by atoms with E-state index in [9.17, 15) is 8.42 Å². The number of nitrogens with two attached hydrogens (primary N) is 1. The van der Waals surface area contributed by atoms with Gasteiger partial charge in [-0.25, -0.2) is 8.42 Å². The summed E-state index contributed by atoms with van der Waals surface area (Å²) in [6, 6.07) is 5.74. The van der Waals surface area contributed by atoms with E-state index in [0.717, 1.165) is 0 Å². The summed E-state index contributed by atoms with van der Waals surface area (Å²) in [5.41, 5.74) is 6.53. The largest absolute Gasteiger partial charge is 0.493 e. The van der Waals surface area contributed by atoms with Crippen molar-refractivity contribution < 1.29 is 17.9 Å². The van der Waals surface area contributed by atoms with Crippen LogP contribution in [0, 0.1) is 6.92 Å². The molecule has 0 atom stereocenters. The van der Waals surface area contributed by atoms with Crippen LogP contribution in [0.25, 0.3) is 0 Å². The van der Waals surface area contributed by atoms with Gasteiger partial charge in [-0.2, -0.15) is 0 Å². The number of hydrogen-bond acceptors (Lipinski definition) is 5. The van der Waals surface area contributed by atoms with Gasteiger partial charge in [-0.1, -0.05) is 23.2 Å². The Kier molecular flexibility index (Phi) is 5.37. The Hall–Kier alpha value is -1.83. The Morgan fingerprint density at radius 3 is 2.00 bits per heavy atom.